The van der Waals surface area contributed by atoms with Crippen molar-refractivity contribution in [3.63, 3.8) is 0 Å². The minimum absolute atomic E-state index is 0.127. The summed E-state index contributed by atoms with van der Waals surface area (Å²) in [7, 11) is 1.79. The van der Waals surface area contributed by atoms with E-state index in [9.17, 15) is 4.79 Å². The third-order valence-corrected chi connectivity index (χ3v) is 3.09. The Morgan fingerprint density at radius 2 is 2.17 bits per heavy atom. The number of hydrogen-bond donors (Lipinski definition) is 1. The summed E-state index contributed by atoms with van der Waals surface area (Å²) in [6, 6.07) is 7.55. The Bertz CT molecular complexity index is 673. The van der Waals surface area contributed by atoms with Gasteiger partial charge in [-0.15, -0.1) is 0 Å². The first-order valence-electron chi connectivity index (χ1n) is 5.47. The highest BCUT2D eigenvalue weighted by Crippen LogP contribution is 2.33. The van der Waals surface area contributed by atoms with E-state index in [1.54, 1.807) is 24.0 Å². The van der Waals surface area contributed by atoms with Gasteiger partial charge in [0.2, 0.25) is 0 Å². The molecule has 90 valence electrons. The van der Waals surface area contributed by atoms with Crippen molar-refractivity contribution in [1.82, 2.24) is 9.78 Å². The van der Waals surface area contributed by atoms with Gasteiger partial charge in [0.1, 0.15) is 5.69 Å². The summed E-state index contributed by atoms with van der Waals surface area (Å²) < 4.78 is 1.62. The van der Waals surface area contributed by atoms with Gasteiger partial charge in [-0.25, -0.2) is 0 Å². The molecule has 0 fully saturated rings. The summed E-state index contributed by atoms with van der Waals surface area (Å²) in [5.74, 6) is -0.127. The molecule has 18 heavy (non-hydrogen) atoms. The third-order valence-electron chi connectivity index (χ3n) is 2.80. The standard InChI is InChI=1S/C13H10ClN3O/c1-17-7-10(14)12(16-17)6-9-8-4-2-3-5-11(8)15-13(9)18/h2-7H,1H3,(H,15,18). The van der Waals surface area contributed by atoms with Crippen LogP contribution in [0.25, 0.3) is 11.6 Å². The van der Waals surface area contributed by atoms with Gasteiger partial charge in [0.05, 0.1) is 10.6 Å². The lowest BCUT2D eigenvalue weighted by Crippen LogP contribution is -2.03. The second kappa shape index (κ2) is 3.99. The van der Waals surface area contributed by atoms with Gasteiger partial charge in [-0.3, -0.25) is 9.48 Å². The molecule has 2 aromatic rings. The highest BCUT2D eigenvalue weighted by atomic mass is 35.5. The molecule has 0 saturated heterocycles. The average Bonchev–Trinajstić information content (AvgIpc) is 2.81. The van der Waals surface area contributed by atoms with Crippen LogP contribution >= 0.6 is 11.6 Å². The molecule has 0 aliphatic carbocycles. The summed E-state index contributed by atoms with van der Waals surface area (Å²) in [4.78, 5) is 11.9. The maximum Gasteiger partial charge on any atom is 0.256 e. The fraction of sp³-hybridized carbons (Fsp3) is 0.0769. The zero-order chi connectivity index (χ0) is 12.7. The van der Waals surface area contributed by atoms with E-state index in [0.29, 0.717) is 16.3 Å². The summed E-state index contributed by atoms with van der Waals surface area (Å²) in [5, 5.41) is 7.55. The number of hydrogen-bond acceptors (Lipinski definition) is 2. The SMILES string of the molecule is Cn1cc(Cl)c(C=C2C(=O)Nc3ccccc32)n1. The molecule has 1 aromatic heterocycles. The van der Waals surface area contributed by atoms with Crippen LogP contribution in [0.4, 0.5) is 5.69 Å². The number of fused-ring (bicyclic) bond motifs is 1. The first-order valence-corrected chi connectivity index (χ1v) is 5.84. The Kier molecular flexibility index (Phi) is 2.45. The molecular weight excluding hydrogens is 250 g/mol. The van der Waals surface area contributed by atoms with Crippen LogP contribution in [-0.4, -0.2) is 15.7 Å². The fourth-order valence-electron chi connectivity index (χ4n) is 1.99. The summed E-state index contributed by atoms with van der Waals surface area (Å²) >= 11 is 6.04. The van der Waals surface area contributed by atoms with Crippen LogP contribution in [0.1, 0.15) is 11.3 Å². The lowest BCUT2D eigenvalue weighted by atomic mass is 10.1. The monoisotopic (exact) mass is 259 g/mol. The van der Waals surface area contributed by atoms with Gasteiger partial charge in [0, 0.05) is 24.5 Å². The molecule has 1 N–H and O–H groups in total. The Labute approximate surface area is 109 Å². The maximum absolute atomic E-state index is 11.9. The Morgan fingerprint density at radius 3 is 2.89 bits per heavy atom. The molecular formula is C13H10ClN3O. The normalized spacial score (nSPS) is 15.9. The highest BCUT2D eigenvalue weighted by Gasteiger charge is 2.24. The van der Waals surface area contributed by atoms with E-state index in [-0.39, 0.29) is 5.91 Å². The van der Waals surface area contributed by atoms with Crippen LogP contribution in [0, 0.1) is 0 Å². The van der Waals surface area contributed by atoms with Crippen molar-refractivity contribution < 1.29 is 4.79 Å². The molecule has 3 rings (SSSR count). The zero-order valence-electron chi connectivity index (χ0n) is 9.64. The predicted molar refractivity (Wildman–Crippen MR) is 71.2 cm³/mol. The minimum Gasteiger partial charge on any atom is -0.321 e. The van der Waals surface area contributed by atoms with E-state index < -0.39 is 0 Å². The number of carbonyl (C=O) groups is 1. The smallest absolute Gasteiger partial charge is 0.256 e. The first-order chi connectivity index (χ1) is 8.65. The highest BCUT2D eigenvalue weighted by molar-refractivity contribution is 6.36. The molecule has 1 aliphatic rings. The molecule has 1 aromatic carbocycles. The van der Waals surface area contributed by atoms with Crippen molar-refractivity contribution in [2.75, 3.05) is 5.32 Å². The van der Waals surface area contributed by atoms with Gasteiger partial charge in [-0.2, -0.15) is 5.10 Å². The summed E-state index contributed by atoms with van der Waals surface area (Å²) in [6.45, 7) is 0. The van der Waals surface area contributed by atoms with Crippen LogP contribution in [0.5, 0.6) is 0 Å². The summed E-state index contributed by atoms with van der Waals surface area (Å²) in [5.41, 5.74) is 2.89. The van der Waals surface area contributed by atoms with Gasteiger partial charge < -0.3 is 5.32 Å². The number of anilines is 1. The Morgan fingerprint density at radius 1 is 1.39 bits per heavy atom. The number of nitrogens with zero attached hydrogens (tertiary/aromatic N) is 2. The number of para-hydroxylation sites is 1. The van der Waals surface area contributed by atoms with Crippen molar-refractivity contribution in [1.29, 1.82) is 0 Å². The van der Waals surface area contributed by atoms with Gasteiger partial charge >= 0.3 is 0 Å². The van der Waals surface area contributed by atoms with Crippen molar-refractivity contribution in [2.24, 2.45) is 7.05 Å². The molecule has 1 amide bonds. The number of carbonyl (C=O) groups excluding carboxylic acids is 1. The van der Waals surface area contributed by atoms with Gasteiger partial charge in [-0.05, 0) is 12.1 Å². The molecule has 2 heterocycles. The maximum atomic E-state index is 11.9. The van der Waals surface area contributed by atoms with Gasteiger partial charge in [0.15, 0.2) is 0 Å². The second-order valence-electron chi connectivity index (χ2n) is 4.09. The molecule has 0 saturated carbocycles. The predicted octanol–water partition coefficient (Wildman–Crippen LogP) is 2.57. The van der Waals surface area contributed by atoms with Crippen LogP contribution in [0.2, 0.25) is 5.02 Å². The van der Waals surface area contributed by atoms with Gasteiger partial charge in [0.25, 0.3) is 5.91 Å². The number of benzene rings is 1. The third kappa shape index (κ3) is 1.71. The molecule has 0 spiro atoms. The molecule has 0 radical (unpaired) electrons. The van der Waals surface area contributed by atoms with Crippen LogP contribution in [0.3, 0.4) is 0 Å². The number of amides is 1. The second-order valence-corrected chi connectivity index (χ2v) is 4.50. The topological polar surface area (TPSA) is 46.9 Å². The van der Waals surface area contributed by atoms with E-state index in [0.717, 1.165) is 11.3 Å². The zero-order valence-corrected chi connectivity index (χ0v) is 10.4. The van der Waals surface area contributed by atoms with Crippen molar-refractivity contribution in [3.05, 3.63) is 46.7 Å². The molecule has 1 aliphatic heterocycles. The van der Waals surface area contributed by atoms with Crippen molar-refractivity contribution in [3.8, 4) is 0 Å². The summed E-state index contributed by atoms with van der Waals surface area (Å²) in [6.07, 6.45) is 3.41. The van der Waals surface area contributed by atoms with E-state index >= 15 is 0 Å². The average molecular weight is 260 g/mol. The fourth-order valence-corrected chi connectivity index (χ4v) is 2.23. The van der Waals surface area contributed by atoms with Crippen LogP contribution < -0.4 is 5.32 Å². The van der Waals surface area contributed by atoms with Crippen molar-refractivity contribution in [2.45, 2.75) is 0 Å². The van der Waals surface area contributed by atoms with Crippen LogP contribution in [-0.2, 0) is 11.8 Å². The number of rotatable bonds is 1. The van der Waals surface area contributed by atoms with Crippen LogP contribution in [0.15, 0.2) is 30.5 Å². The van der Waals surface area contributed by atoms with E-state index in [4.69, 9.17) is 11.6 Å². The minimum atomic E-state index is -0.127. The largest absolute Gasteiger partial charge is 0.321 e. The number of aromatic nitrogens is 2. The molecule has 0 bridgehead atoms. The molecule has 0 atom stereocenters. The number of aryl methyl sites for hydroxylation is 1. The van der Waals surface area contributed by atoms with E-state index in [2.05, 4.69) is 10.4 Å². The quantitative estimate of drug-likeness (QED) is 0.800. The van der Waals surface area contributed by atoms with E-state index in [1.807, 2.05) is 24.3 Å². The first kappa shape index (κ1) is 11.0. The number of halogens is 1. The molecule has 0 unspecified atom stereocenters. The lowest BCUT2D eigenvalue weighted by molar-refractivity contribution is -0.110. The lowest BCUT2D eigenvalue weighted by Gasteiger charge is -1.96. The number of nitrogens with one attached hydrogen (secondary N) is 1. The molecule has 4 nitrogen and oxygen atoms in total. The van der Waals surface area contributed by atoms with E-state index in [1.165, 1.54) is 0 Å². The van der Waals surface area contributed by atoms with Crippen molar-refractivity contribution >= 4 is 34.8 Å². The van der Waals surface area contributed by atoms with Gasteiger partial charge in [-0.1, -0.05) is 29.8 Å². The Hall–Kier alpha value is -2.07. The molecule has 5 heteroatoms. The Balaban J connectivity index is 2.12.